The van der Waals surface area contributed by atoms with Crippen LogP contribution in [0, 0.1) is 0 Å². The van der Waals surface area contributed by atoms with E-state index in [2.05, 4.69) is 15.0 Å². The summed E-state index contributed by atoms with van der Waals surface area (Å²) in [5.41, 5.74) is 0.759. The highest BCUT2D eigenvalue weighted by molar-refractivity contribution is 5.93. The zero-order valence-corrected chi connectivity index (χ0v) is 14.7. The number of hydrogen-bond acceptors (Lipinski definition) is 5. The second-order valence-electron chi connectivity index (χ2n) is 7.06. The molecule has 2 aliphatic heterocycles. The van der Waals surface area contributed by atoms with E-state index in [9.17, 15) is 4.79 Å². The Morgan fingerprint density at radius 1 is 1.36 bits per heavy atom. The molecule has 0 radical (unpaired) electrons. The summed E-state index contributed by atoms with van der Waals surface area (Å²) in [5, 5.41) is 4.06. The van der Waals surface area contributed by atoms with Gasteiger partial charge in [-0.05, 0) is 37.8 Å². The number of carbonyl (C=O) groups is 1. The van der Waals surface area contributed by atoms with Crippen molar-refractivity contribution in [1.82, 2.24) is 19.6 Å². The molecule has 2 aliphatic rings. The van der Waals surface area contributed by atoms with Gasteiger partial charge in [0.25, 0.3) is 5.91 Å². The van der Waals surface area contributed by atoms with Crippen LogP contribution in [0.2, 0.25) is 0 Å². The third-order valence-corrected chi connectivity index (χ3v) is 5.49. The molecular formula is C18H24N4O3. The van der Waals surface area contributed by atoms with Crippen molar-refractivity contribution < 1.29 is 14.1 Å². The highest BCUT2D eigenvalue weighted by Crippen LogP contribution is 2.43. The van der Waals surface area contributed by atoms with Gasteiger partial charge in [-0.1, -0.05) is 5.16 Å². The first-order chi connectivity index (χ1) is 12.2. The maximum atomic E-state index is 12.9. The molecule has 2 bridgehead atoms. The van der Waals surface area contributed by atoms with Gasteiger partial charge in [0.05, 0.1) is 6.61 Å². The van der Waals surface area contributed by atoms with Gasteiger partial charge in [-0.3, -0.25) is 4.79 Å². The molecule has 25 heavy (non-hydrogen) atoms. The molecule has 4 rings (SSSR count). The zero-order valence-electron chi connectivity index (χ0n) is 14.7. The first-order valence-electron chi connectivity index (χ1n) is 8.92. The SMILES string of the molecule is COCCc1noc(C2C[C@H]3CC[C@@H](C2)N3C(=O)c2cccn2C)n1. The summed E-state index contributed by atoms with van der Waals surface area (Å²) in [6.45, 7) is 0.591. The van der Waals surface area contributed by atoms with Gasteiger partial charge in [0.15, 0.2) is 5.82 Å². The van der Waals surface area contributed by atoms with Gasteiger partial charge in [-0.2, -0.15) is 4.98 Å². The normalized spacial score (nSPS) is 25.5. The van der Waals surface area contributed by atoms with Crippen LogP contribution in [0.25, 0.3) is 0 Å². The molecule has 0 spiro atoms. The Balaban J connectivity index is 1.47. The molecule has 0 aliphatic carbocycles. The number of rotatable bonds is 5. The van der Waals surface area contributed by atoms with Crippen molar-refractivity contribution >= 4 is 5.91 Å². The maximum Gasteiger partial charge on any atom is 0.270 e. The summed E-state index contributed by atoms with van der Waals surface area (Å²) < 4.78 is 12.4. The Kier molecular flexibility index (Phi) is 4.33. The quantitative estimate of drug-likeness (QED) is 0.831. The van der Waals surface area contributed by atoms with Gasteiger partial charge < -0.3 is 18.7 Å². The second-order valence-corrected chi connectivity index (χ2v) is 7.06. The number of aromatic nitrogens is 3. The van der Waals surface area contributed by atoms with E-state index in [0.29, 0.717) is 24.7 Å². The maximum absolute atomic E-state index is 12.9. The van der Waals surface area contributed by atoms with Crippen molar-refractivity contribution in [2.75, 3.05) is 13.7 Å². The van der Waals surface area contributed by atoms with Crippen LogP contribution in [0.1, 0.15) is 53.8 Å². The average molecular weight is 344 g/mol. The van der Waals surface area contributed by atoms with E-state index in [4.69, 9.17) is 9.26 Å². The van der Waals surface area contributed by atoms with E-state index in [1.165, 1.54) is 0 Å². The van der Waals surface area contributed by atoms with Gasteiger partial charge in [-0.15, -0.1) is 0 Å². The van der Waals surface area contributed by atoms with Crippen LogP contribution in [0.15, 0.2) is 22.9 Å². The number of ether oxygens (including phenoxy) is 1. The number of hydrogen-bond donors (Lipinski definition) is 0. The zero-order chi connectivity index (χ0) is 17.4. The third-order valence-electron chi connectivity index (χ3n) is 5.49. The van der Waals surface area contributed by atoms with Gasteiger partial charge in [0, 0.05) is 44.8 Å². The summed E-state index contributed by atoms with van der Waals surface area (Å²) in [5.74, 6) is 1.81. The van der Waals surface area contributed by atoms with Crippen molar-refractivity contribution in [3.63, 3.8) is 0 Å². The lowest BCUT2D eigenvalue weighted by Crippen LogP contribution is -2.46. The Hall–Kier alpha value is -2.15. The van der Waals surface area contributed by atoms with E-state index >= 15 is 0 Å². The molecule has 7 heteroatoms. The van der Waals surface area contributed by atoms with E-state index in [0.717, 1.165) is 31.4 Å². The van der Waals surface area contributed by atoms with Gasteiger partial charge in [0.2, 0.25) is 5.89 Å². The molecule has 2 aromatic rings. The summed E-state index contributed by atoms with van der Waals surface area (Å²) in [7, 11) is 3.58. The third kappa shape index (κ3) is 2.97. The minimum atomic E-state index is 0.143. The number of amides is 1. The predicted molar refractivity (Wildman–Crippen MR) is 90.2 cm³/mol. The van der Waals surface area contributed by atoms with E-state index in [1.807, 2.05) is 29.9 Å². The first-order valence-corrected chi connectivity index (χ1v) is 8.92. The minimum Gasteiger partial charge on any atom is -0.384 e. The standard InChI is InChI=1S/C18H24N4O3/c1-21-8-3-4-15(21)18(23)22-13-5-6-14(22)11-12(10-13)17-19-16(20-25-17)7-9-24-2/h3-4,8,12-14H,5-7,9-11H2,1-2H3/t12?,13-,14+. The monoisotopic (exact) mass is 344 g/mol. The fourth-order valence-electron chi connectivity index (χ4n) is 4.25. The van der Waals surface area contributed by atoms with Gasteiger partial charge in [-0.25, -0.2) is 0 Å². The first kappa shape index (κ1) is 16.3. The molecule has 1 unspecified atom stereocenters. The molecule has 2 fully saturated rings. The number of piperidine rings is 1. The van der Waals surface area contributed by atoms with Crippen LogP contribution in [-0.4, -0.2) is 51.3 Å². The lowest BCUT2D eigenvalue weighted by Gasteiger charge is -2.37. The topological polar surface area (TPSA) is 73.4 Å². The van der Waals surface area contributed by atoms with Gasteiger partial charge in [0.1, 0.15) is 5.69 Å². The van der Waals surface area contributed by atoms with Crippen molar-refractivity contribution in [2.24, 2.45) is 7.05 Å². The van der Waals surface area contributed by atoms with Crippen molar-refractivity contribution in [2.45, 2.75) is 50.1 Å². The van der Waals surface area contributed by atoms with E-state index < -0.39 is 0 Å². The molecule has 0 aromatic carbocycles. The van der Waals surface area contributed by atoms with Crippen LogP contribution in [0.4, 0.5) is 0 Å². The number of carbonyl (C=O) groups excluding carboxylic acids is 1. The fourth-order valence-corrected chi connectivity index (χ4v) is 4.25. The lowest BCUT2D eigenvalue weighted by atomic mass is 9.90. The summed E-state index contributed by atoms with van der Waals surface area (Å²) in [4.78, 5) is 19.6. The minimum absolute atomic E-state index is 0.143. The fraction of sp³-hybridized carbons (Fsp3) is 0.611. The molecule has 134 valence electrons. The number of aryl methyl sites for hydroxylation is 1. The van der Waals surface area contributed by atoms with Crippen LogP contribution >= 0.6 is 0 Å². The van der Waals surface area contributed by atoms with E-state index in [1.54, 1.807) is 7.11 Å². The summed E-state index contributed by atoms with van der Waals surface area (Å²) in [6, 6.07) is 4.34. The van der Waals surface area contributed by atoms with Crippen molar-refractivity contribution in [3.8, 4) is 0 Å². The molecule has 0 N–H and O–H groups in total. The number of fused-ring (bicyclic) bond motifs is 2. The number of methoxy groups -OCH3 is 1. The van der Waals surface area contributed by atoms with Crippen molar-refractivity contribution in [1.29, 1.82) is 0 Å². The molecule has 2 saturated heterocycles. The molecule has 2 aromatic heterocycles. The molecular weight excluding hydrogens is 320 g/mol. The predicted octanol–water partition coefficient (Wildman–Crippen LogP) is 2.15. The molecule has 0 saturated carbocycles. The molecule has 4 heterocycles. The van der Waals surface area contributed by atoms with Crippen molar-refractivity contribution in [3.05, 3.63) is 35.7 Å². The van der Waals surface area contributed by atoms with Crippen LogP contribution in [0.5, 0.6) is 0 Å². The lowest BCUT2D eigenvalue weighted by molar-refractivity contribution is 0.0545. The molecule has 7 nitrogen and oxygen atoms in total. The Bertz CT molecular complexity index is 739. The summed E-state index contributed by atoms with van der Waals surface area (Å²) in [6.07, 6.45) is 6.50. The Labute approximate surface area is 146 Å². The van der Waals surface area contributed by atoms with Gasteiger partial charge >= 0.3 is 0 Å². The van der Waals surface area contributed by atoms with Crippen LogP contribution in [0.3, 0.4) is 0 Å². The average Bonchev–Trinajstić information content (AvgIpc) is 3.31. The largest absolute Gasteiger partial charge is 0.384 e. The van der Waals surface area contributed by atoms with Crippen LogP contribution < -0.4 is 0 Å². The second kappa shape index (κ2) is 6.63. The van der Waals surface area contributed by atoms with Crippen LogP contribution in [-0.2, 0) is 18.2 Å². The van der Waals surface area contributed by atoms with E-state index in [-0.39, 0.29) is 23.9 Å². The highest BCUT2D eigenvalue weighted by atomic mass is 16.5. The highest BCUT2D eigenvalue weighted by Gasteiger charge is 2.45. The Morgan fingerprint density at radius 3 is 2.76 bits per heavy atom. The smallest absolute Gasteiger partial charge is 0.270 e. The number of nitrogens with zero attached hydrogens (tertiary/aromatic N) is 4. The summed E-state index contributed by atoms with van der Waals surface area (Å²) >= 11 is 0. The molecule has 1 amide bonds. The molecule has 3 atom stereocenters. The Morgan fingerprint density at radius 2 is 2.12 bits per heavy atom.